The van der Waals surface area contributed by atoms with E-state index < -0.39 is 4.92 Å². The minimum Gasteiger partial charge on any atom is -0.502 e. The first kappa shape index (κ1) is 13.6. The van der Waals surface area contributed by atoms with Gasteiger partial charge in [-0.1, -0.05) is 0 Å². The zero-order valence-corrected chi connectivity index (χ0v) is 11.2. The Kier molecular flexibility index (Phi) is 3.90. The Morgan fingerprint density at radius 1 is 1.26 bits per heavy atom. The van der Waals surface area contributed by atoms with Gasteiger partial charge >= 0.3 is 5.69 Å². The fourth-order valence-electron chi connectivity index (χ4n) is 2.36. The number of rotatable bonds is 3. The Balaban J connectivity index is 2.08. The van der Waals surface area contributed by atoms with Gasteiger partial charge in [0.2, 0.25) is 0 Å². The van der Waals surface area contributed by atoms with E-state index in [0.717, 1.165) is 31.9 Å². The number of hydrogen-bond acceptors (Lipinski definition) is 5. The van der Waals surface area contributed by atoms with E-state index in [4.69, 9.17) is 0 Å². The fraction of sp³-hybridized carbons (Fsp3) is 0.538. The van der Waals surface area contributed by atoms with Crippen molar-refractivity contribution in [3.63, 3.8) is 0 Å². The molecule has 1 aliphatic heterocycles. The Bertz CT molecular complexity index is 468. The summed E-state index contributed by atoms with van der Waals surface area (Å²) < 4.78 is 0. The monoisotopic (exact) mass is 265 g/mol. The first-order chi connectivity index (χ1) is 8.99. The van der Waals surface area contributed by atoms with Gasteiger partial charge < -0.3 is 10.0 Å². The molecule has 1 fully saturated rings. The summed E-state index contributed by atoms with van der Waals surface area (Å²) in [6, 6.07) is 5.07. The van der Waals surface area contributed by atoms with Crippen LogP contribution < -0.4 is 4.90 Å². The second kappa shape index (κ2) is 5.44. The van der Waals surface area contributed by atoms with Gasteiger partial charge in [0.1, 0.15) is 0 Å². The molecule has 1 saturated heterocycles. The standard InChI is InChI=1S/C13H19N3O3/c1-10(2)14-5-7-15(8-6-14)11-3-4-12(16(18)19)13(17)9-11/h3-4,9-10,17H,5-8H2,1-2H3. The molecule has 0 aromatic heterocycles. The van der Waals surface area contributed by atoms with Crippen molar-refractivity contribution in [1.29, 1.82) is 0 Å². The highest BCUT2D eigenvalue weighted by atomic mass is 16.6. The number of nitro groups is 1. The van der Waals surface area contributed by atoms with E-state index in [-0.39, 0.29) is 11.4 Å². The maximum Gasteiger partial charge on any atom is 0.310 e. The number of aromatic hydroxyl groups is 1. The van der Waals surface area contributed by atoms with Crippen LogP contribution in [0.1, 0.15) is 13.8 Å². The van der Waals surface area contributed by atoms with Crippen molar-refractivity contribution in [1.82, 2.24) is 4.90 Å². The lowest BCUT2D eigenvalue weighted by molar-refractivity contribution is -0.385. The first-order valence-corrected chi connectivity index (χ1v) is 6.45. The van der Waals surface area contributed by atoms with Crippen LogP contribution >= 0.6 is 0 Å². The predicted molar refractivity (Wildman–Crippen MR) is 73.7 cm³/mol. The van der Waals surface area contributed by atoms with Gasteiger partial charge in [-0.25, -0.2) is 0 Å². The van der Waals surface area contributed by atoms with E-state index in [2.05, 4.69) is 23.6 Å². The number of piperazine rings is 1. The van der Waals surface area contributed by atoms with E-state index in [1.54, 1.807) is 6.07 Å². The number of anilines is 1. The van der Waals surface area contributed by atoms with Gasteiger partial charge in [0, 0.05) is 50.0 Å². The van der Waals surface area contributed by atoms with Crippen LogP contribution in [0, 0.1) is 10.1 Å². The van der Waals surface area contributed by atoms with Crippen LogP contribution in [0.3, 0.4) is 0 Å². The SMILES string of the molecule is CC(C)N1CCN(c2ccc([N+](=O)[O-])c(O)c2)CC1. The second-order valence-electron chi connectivity index (χ2n) is 5.05. The molecule has 6 heteroatoms. The molecule has 0 radical (unpaired) electrons. The summed E-state index contributed by atoms with van der Waals surface area (Å²) in [5, 5.41) is 20.3. The highest BCUT2D eigenvalue weighted by Gasteiger charge is 2.21. The molecule has 1 heterocycles. The zero-order chi connectivity index (χ0) is 14.0. The van der Waals surface area contributed by atoms with Gasteiger partial charge in [-0.2, -0.15) is 0 Å². The number of phenolic OH excluding ortho intramolecular Hbond substituents is 1. The van der Waals surface area contributed by atoms with Crippen LogP contribution in [0.25, 0.3) is 0 Å². The molecule has 1 aromatic carbocycles. The van der Waals surface area contributed by atoms with Crippen molar-refractivity contribution in [2.45, 2.75) is 19.9 Å². The average Bonchev–Trinajstić information content (AvgIpc) is 2.38. The van der Waals surface area contributed by atoms with Crippen LogP contribution in [0.5, 0.6) is 5.75 Å². The van der Waals surface area contributed by atoms with Crippen molar-refractivity contribution < 1.29 is 10.0 Å². The van der Waals surface area contributed by atoms with Gasteiger partial charge in [0.15, 0.2) is 5.75 Å². The zero-order valence-electron chi connectivity index (χ0n) is 11.2. The van der Waals surface area contributed by atoms with Crippen LogP contribution in [0.4, 0.5) is 11.4 Å². The smallest absolute Gasteiger partial charge is 0.310 e. The third-order valence-electron chi connectivity index (χ3n) is 3.57. The van der Waals surface area contributed by atoms with Crippen molar-refractivity contribution in [3.8, 4) is 5.75 Å². The summed E-state index contributed by atoms with van der Waals surface area (Å²) >= 11 is 0. The summed E-state index contributed by atoms with van der Waals surface area (Å²) in [5.41, 5.74) is 0.594. The average molecular weight is 265 g/mol. The first-order valence-electron chi connectivity index (χ1n) is 6.45. The minimum atomic E-state index is -0.574. The molecule has 1 aromatic rings. The van der Waals surface area contributed by atoms with E-state index in [0.29, 0.717) is 6.04 Å². The molecule has 2 rings (SSSR count). The highest BCUT2D eigenvalue weighted by Crippen LogP contribution is 2.30. The van der Waals surface area contributed by atoms with Gasteiger partial charge in [-0.3, -0.25) is 15.0 Å². The Labute approximate surface area is 112 Å². The number of hydrogen-bond donors (Lipinski definition) is 1. The number of benzene rings is 1. The minimum absolute atomic E-state index is 0.246. The van der Waals surface area contributed by atoms with Crippen LogP contribution in [0.2, 0.25) is 0 Å². The van der Waals surface area contributed by atoms with E-state index in [1.165, 1.54) is 12.1 Å². The van der Waals surface area contributed by atoms with Crippen molar-refractivity contribution in [2.75, 3.05) is 31.1 Å². The van der Waals surface area contributed by atoms with Gasteiger partial charge in [-0.15, -0.1) is 0 Å². The molecule has 0 amide bonds. The summed E-state index contributed by atoms with van der Waals surface area (Å²) in [6.45, 7) is 8.02. The number of nitro benzene ring substituents is 1. The molecule has 0 unspecified atom stereocenters. The lowest BCUT2D eigenvalue weighted by atomic mass is 10.2. The van der Waals surface area contributed by atoms with Crippen LogP contribution in [0.15, 0.2) is 18.2 Å². The lowest BCUT2D eigenvalue weighted by Gasteiger charge is -2.38. The third kappa shape index (κ3) is 2.96. The van der Waals surface area contributed by atoms with Crippen LogP contribution in [-0.4, -0.2) is 47.2 Å². The van der Waals surface area contributed by atoms with E-state index in [1.807, 2.05) is 0 Å². The third-order valence-corrected chi connectivity index (χ3v) is 3.57. The lowest BCUT2D eigenvalue weighted by Crippen LogP contribution is -2.48. The molecule has 0 bridgehead atoms. The Morgan fingerprint density at radius 2 is 1.89 bits per heavy atom. The molecule has 1 aliphatic rings. The molecular weight excluding hydrogens is 246 g/mol. The normalized spacial score (nSPS) is 16.9. The highest BCUT2D eigenvalue weighted by molar-refractivity contribution is 5.58. The quantitative estimate of drug-likeness (QED) is 0.667. The largest absolute Gasteiger partial charge is 0.502 e. The molecule has 0 atom stereocenters. The van der Waals surface area contributed by atoms with Gasteiger partial charge in [0.25, 0.3) is 0 Å². The summed E-state index contributed by atoms with van der Waals surface area (Å²) in [6.07, 6.45) is 0. The maximum absolute atomic E-state index is 10.7. The molecule has 0 aliphatic carbocycles. The Morgan fingerprint density at radius 3 is 2.37 bits per heavy atom. The van der Waals surface area contributed by atoms with Crippen molar-refractivity contribution in [2.24, 2.45) is 0 Å². The molecular formula is C13H19N3O3. The molecule has 0 spiro atoms. The van der Waals surface area contributed by atoms with Gasteiger partial charge in [-0.05, 0) is 19.9 Å². The summed E-state index contributed by atoms with van der Waals surface area (Å²) in [7, 11) is 0. The van der Waals surface area contributed by atoms with Crippen LogP contribution in [-0.2, 0) is 0 Å². The Hall–Kier alpha value is -1.82. The fourth-order valence-corrected chi connectivity index (χ4v) is 2.36. The van der Waals surface area contributed by atoms with Crippen molar-refractivity contribution >= 4 is 11.4 Å². The molecule has 1 N–H and O–H groups in total. The maximum atomic E-state index is 10.7. The second-order valence-corrected chi connectivity index (χ2v) is 5.05. The number of nitrogens with zero attached hydrogens (tertiary/aromatic N) is 3. The summed E-state index contributed by atoms with van der Waals surface area (Å²) in [4.78, 5) is 14.6. The molecule has 6 nitrogen and oxygen atoms in total. The van der Waals surface area contributed by atoms with Gasteiger partial charge in [0.05, 0.1) is 4.92 Å². The summed E-state index contributed by atoms with van der Waals surface area (Å²) in [5.74, 6) is -0.270. The molecule has 104 valence electrons. The van der Waals surface area contributed by atoms with Crippen molar-refractivity contribution in [3.05, 3.63) is 28.3 Å². The topological polar surface area (TPSA) is 69.9 Å². The van der Waals surface area contributed by atoms with E-state index in [9.17, 15) is 15.2 Å². The predicted octanol–water partition coefficient (Wildman–Crippen LogP) is 1.83. The van der Waals surface area contributed by atoms with E-state index >= 15 is 0 Å². The molecule has 0 saturated carbocycles. The molecule has 19 heavy (non-hydrogen) atoms. The number of phenols is 1.